The van der Waals surface area contributed by atoms with Gasteiger partial charge in [-0.2, -0.15) is 0 Å². The predicted octanol–water partition coefficient (Wildman–Crippen LogP) is 2.64. The Kier molecular flexibility index (Phi) is 4.29. The van der Waals surface area contributed by atoms with Crippen LogP contribution in [0.3, 0.4) is 0 Å². The fourth-order valence-corrected chi connectivity index (χ4v) is 1.78. The summed E-state index contributed by atoms with van der Waals surface area (Å²) >= 11 is 0. The SMILES string of the molecule is C=CCN(c1ccc(CN)c(C)n1)C(C)(C)C. The third-order valence-corrected chi connectivity index (χ3v) is 2.80. The average molecular weight is 233 g/mol. The molecule has 0 aromatic carbocycles. The Morgan fingerprint density at radius 2 is 2.06 bits per heavy atom. The van der Waals surface area contributed by atoms with Gasteiger partial charge in [-0.1, -0.05) is 12.1 Å². The van der Waals surface area contributed by atoms with Gasteiger partial charge in [0.05, 0.1) is 0 Å². The van der Waals surface area contributed by atoms with E-state index in [1.54, 1.807) is 0 Å². The molecule has 0 spiro atoms. The fraction of sp³-hybridized carbons (Fsp3) is 0.500. The second kappa shape index (κ2) is 5.32. The van der Waals surface area contributed by atoms with Crippen LogP contribution in [-0.4, -0.2) is 17.1 Å². The lowest BCUT2D eigenvalue weighted by Crippen LogP contribution is -2.42. The lowest BCUT2D eigenvalue weighted by molar-refractivity contribution is 0.517. The quantitative estimate of drug-likeness (QED) is 0.813. The number of aromatic nitrogens is 1. The monoisotopic (exact) mass is 233 g/mol. The lowest BCUT2D eigenvalue weighted by Gasteiger charge is -2.36. The van der Waals surface area contributed by atoms with Crippen LogP contribution in [0.1, 0.15) is 32.0 Å². The van der Waals surface area contributed by atoms with Crippen LogP contribution in [0.5, 0.6) is 0 Å². The summed E-state index contributed by atoms with van der Waals surface area (Å²) in [5.74, 6) is 0.979. The highest BCUT2D eigenvalue weighted by Gasteiger charge is 2.21. The second-order valence-corrected chi connectivity index (χ2v) is 5.19. The van der Waals surface area contributed by atoms with Crippen LogP contribution in [0.2, 0.25) is 0 Å². The van der Waals surface area contributed by atoms with Crippen molar-refractivity contribution in [2.45, 2.75) is 39.8 Å². The van der Waals surface area contributed by atoms with Gasteiger partial charge in [0.15, 0.2) is 0 Å². The zero-order valence-electron chi connectivity index (χ0n) is 11.3. The van der Waals surface area contributed by atoms with Gasteiger partial charge in [0, 0.05) is 24.3 Å². The van der Waals surface area contributed by atoms with Crippen molar-refractivity contribution in [1.29, 1.82) is 0 Å². The van der Waals surface area contributed by atoms with Crippen LogP contribution in [0, 0.1) is 6.92 Å². The molecule has 0 atom stereocenters. The summed E-state index contributed by atoms with van der Waals surface area (Å²) in [5.41, 5.74) is 7.78. The Hall–Kier alpha value is -1.35. The van der Waals surface area contributed by atoms with Crippen molar-refractivity contribution in [2.75, 3.05) is 11.4 Å². The molecule has 0 aliphatic heterocycles. The zero-order chi connectivity index (χ0) is 13.1. The zero-order valence-corrected chi connectivity index (χ0v) is 11.3. The Bertz CT molecular complexity index is 391. The number of aryl methyl sites for hydroxylation is 1. The topological polar surface area (TPSA) is 42.1 Å². The first kappa shape index (κ1) is 13.7. The van der Waals surface area contributed by atoms with E-state index >= 15 is 0 Å². The van der Waals surface area contributed by atoms with Gasteiger partial charge in [-0.3, -0.25) is 0 Å². The number of rotatable bonds is 4. The molecule has 0 unspecified atom stereocenters. The van der Waals surface area contributed by atoms with E-state index < -0.39 is 0 Å². The van der Waals surface area contributed by atoms with E-state index in [0.717, 1.165) is 23.6 Å². The van der Waals surface area contributed by atoms with Crippen molar-refractivity contribution in [3.63, 3.8) is 0 Å². The minimum Gasteiger partial charge on any atom is -0.348 e. The van der Waals surface area contributed by atoms with E-state index in [4.69, 9.17) is 5.73 Å². The summed E-state index contributed by atoms with van der Waals surface area (Å²) in [6.07, 6.45) is 1.90. The Morgan fingerprint density at radius 3 is 2.47 bits per heavy atom. The number of nitrogens with zero attached hydrogens (tertiary/aromatic N) is 2. The van der Waals surface area contributed by atoms with Crippen LogP contribution in [0.4, 0.5) is 5.82 Å². The predicted molar refractivity (Wildman–Crippen MR) is 74.2 cm³/mol. The normalized spacial score (nSPS) is 11.4. The molecule has 1 aromatic rings. The summed E-state index contributed by atoms with van der Waals surface area (Å²) in [4.78, 5) is 6.86. The number of nitrogens with two attached hydrogens (primary N) is 1. The lowest BCUT2D eigenvalue weighted by atomic mass is 10.1. The summed E-state index contributed by atoms with van der Waals surface area (Å²) in [6, 6.07) is 4.09. The van der Waals surface area contributed by atoms with Crippen LogP contribution >= 0.6 is 0 Å². The van der Waals surface area contributed by atoms with Crippen molar-refractivity contribution in [2.24, 2.45) is 5.73 Å². The van der Waals surface area contributed by atoms with Gasteiger partial charge in [-0.25, -0.2) is 4.98 Å². The molecule has 1 heterocycles. The van der Waals surface area contributed by atoms with Gasteiger partial charge >= 0.3 is 0 Å². The molecule has 0 fully saturated rings. The maximum atomic E-state index is 5.65. The summed E-state index contributed by atoms with van der Waals surface area (Å²) < 4.78 is 0. The van der Waals surface area contributed by atoms with Crippen molar-refractivity contribution < 1.29 is 0 Å². The van der Waals surface area contributed by atoms with E-state index in [-0.39, 0.29) is 5.54 Å². The third-order valence-electron chi connectivity index (χ3n) is 2.80. The smallest absolute Gasteiger partial charge is 0.129 e. The molecule has 0 aliphatic rings. The first-order valence-electron chi connectivity index (χ1n) is 5.95. The summed E-state index contributed by atoms with van der Waals surface area (Å²) in [7, 11) is 0. The fourth-order valence-electron chi connectivity index (χ4n) is 1.78. The molecule has 0 radical (unpaired) electrons. The average Bonchev–Trinajstić information content (AvgIpc) is 2.24. The number of hydrogen-bond donors (Lipinski definition) is 1. The van der Waals surface area contributed by atoms with Gasteiger partial charge < -0.3 is 10.6 Å². The van der Waals surface area contributed by atoms with Crippen molar-refractivity contribution in [1.82, 2.24) is 4.98 Å². The first-order valence-corrected chi connectivity index (χ1v) is 5.95. The standard InChI is InChI=1S/C14H23N3/c1-6-9-17(14(3,4)5)13-8-7-12(10-15)11(2)16-13/h6-8H,1,9-10,15H2,2-5H3. The molecule has 0 bridgehead atoms. The molecule has 1 rings (SSSR count). The second-order valence-electron chi connectivity index (χ2n) is 5.19. The highest BCUT2D eigenvalue weighted by Crippen LogP contribution is 2.22. The molecule has 3 nitrogen and oxygen atoms in total. The van der Waals surface area contributed by atoms with Crippen LogP contribution in [-0.2, 0) is 6.54 Å². The minimum atomic E-state index is 0.0257. The molecule has 94 valence electrons. The first-order chi connectivity index (χ1) is 7.90. The van der Waals surface area contributed by atoms with Crippen molar-refractivity contribution >= 4 is 5.82 Å². The molecule has 0 aliphatic carbocycles. The molecule has 0 saturated heterocycles. The van der Waals surface area contributed by atoms with Gasteiger partial charge in [0.25, 0.3) is 0 Å². The van der Waals surface area contributed by atoms with E-state index in [9.17, 15) is 0 Å². The minimum absolute atomic E-state index is 0.0257. The molecule has 0 amide bonds. The van der Waals surface area contributed by atoms with Gasteiger partial charge in [0.1, 0.15) is 5.82 Å². The number of hydrogen-bond acceptors (Lipinski definition) is 3. The van der Waals surface area contributed by atoms with Crippen LogP contribution in [0.15, 0.2) is 24.8 Å². The van der Waals surface area contributed by atoms with Gasteiger partial charge in [0.2, 0.25) is 0 Å². The molecule has 0 saturated carbocycles. The van der Waals surface area contributed by atoms with Gasteiger partial charge in [-0.05, 0) is 39.3 Å². The Balaban J connectivity index is 3.11. The summed E-state index contributed by atoms with van der Waals surface area (Å²) in [5, 5.41) is 0. The molecule has 1 aromatic heterocycles. The van der Waals surface area contributed by atoms with E-state index in [1.165, 1.54) is 0 Å². The highest BCUT2D eigenvalue weighted by molar-refractivity contribution is 5.44. The van der Waals surface area contributed by atoms with Crippen LogP contribution < -0.4 is 10.6 Å². The molecular weight excluding hydrogens is 210 g/mol. The maximum Gasteiger partial charge on any atom is 0.129 e. The largest absolute Gasteiger partial charge is 0.348 e. The van der Waals surface area contributed by atoms with Crippen LogP contribution in [0.25, 0.3) is 0 Å². The van der Waals surface area contributed by atoms with E-state index in [0.29, 0.717) is 6.54 Å². The number of pyridine rings is 1. The Labute approximate surface area is 104 Å². The maximum absolute atomic E-state index is 5.65. The summed E-state index contributed by atoms with van der Waals surface area (Å²) in [6.45, 7) is 13.6. The van der Waals surface area contributed by atoms with Gasteiger partial charge in [-0.15, -0.1) is 6.58 Å². The Morgan fingerprint density at radius 1 is 1.41 bits per heavy atom. The molecule has 17 heavy (non-hydrogen) atoms. The van der Waals surface area contributed by atoms with Crippen molar-refractivity contribution in [3.05, 3.63) is 36.0 Å². The molecule has 2 N–H and O–H groups in total. The van der Waals surface area contributed by atoms with E-state index in [1.807, 2.05) is 19.1 Å². The van der Waals surface area contributed by atoms with Crippen molar-refractivity contribution in [3.8, 4) is 0 Å². The van der Waals surface area contributed by atoms with E-state index in [2.05, 4.69) is 43.3 Å². The molecule has 3 heteroatoms. The molecular formula is C14H23N3. The number of anilines is 1. The highest BCUT2D eigenvalue weighted by atomic mass is 15.2. The third kappa shape index (κ3) is 3.30.